The summed E-state index contributed by atoms with van der Waals surface area (Å²) in [6.07, 6.45) is 0. The van der Waals surface area contributed by atoms with E-state index in [0.29, 0.717) is 21.7 Å². The van der Waals surface area contributed by atoms with E-state index >= 15 is 0 Å². The lowest BCUT2D eigenvalue weighted by molar-refractivity contribution is -0.136. The molecule has 0 amide bonds. The normalized spacial score (nSPS) is 12.1. The number of hydrogen-bond acceptors (Lipinski definition) is 4. The molecule has 0 aliphatic heterocycles. The number of rotatable bonds is 5. The second kappa shape index (κ2) is 7.11. The second-order valence-corrected chi connectivity index (χ2v) is 6.86. The molecule has 2 aromatic carbocycles. The maximum Gasteiger partial charge on any atom is 0.316 e. The van der Waals surface area contributed by atoms with Gasteiger partial charge in [0.2, 0.25) is 0 Å². The Morgan fingerprint density at radius 2 is 1.88 bits per heavy atom. The van der Waals surface area contributed by atoms with Gasteiger partial charge in [0.1, 0.15) is 10.9 Å². The molecule has 1 N–H and O–H groups in total. The molecule has 0 spiro atoms. The number of benzene rings is 2. The van der Waals surface area contributed by atoms with Crippen molar-refractivity contribution in [2.24, 2.45) is 0 Å². The molecule has 0 fully saturated rings. The molecule has 0 radical (unpaired) electrons. The molecule has 1 unspecified atom stereocenters. The van der Waals surface area contributed by atoms with E-state index in [0.717, 1.165) is 22.9 Å². The van der Waals surface area contributed by atoms with Gasteiger partial charge >= 0.3 is 5.97 Å². The van der Waals surface area contributed by atoms with Gasteiger partial charge in [0, 0.05) is 16.1 Å². The minimum Gasteiger partial charge on any atom is -0.480 e. The quantitative estimate of drug-likeness (QED) is 0.632. The Bertz CT molecular complexity index is 864. The molecule has 1 aromatic heterocycles. The van der Waals surface area contributed by atoms with Gasteiger partial charge in [-0.15, -0.1) is 0 Å². The Labute approximate surface area is 148 Å². The van der Waals surface area contributed by atoms with Crippen LogP contribution in [0.15, 0.2) is 64.2 Å². The number of thioether (sulfide) groups is 1. The number of aliphatic carboxylic acids is 1. The summed E-state index contributed by atoms with van der Waals surface area (Å²) >= 11 is 7.15. The van der Waals surface area contributed by atoms with Crippen molar-refractivity contribution in [1.29, 1.82) is 0 Å². The highest BCUT2D eigenvalue weighted by Crippen LogP contribution is 2.37. The molecule has 1 heterocycles. The zero-order chi connectivity index (χ0) is 17.1. The van der Waals surface area contributed by atoms with E-state index in [4.69, 9.17) is 21.1 Å². The average molecular weight is 360 g/mol. The van der Waals surface area contributed by atoms with Crippen molar-refractivity contribution in [2.45, 2.75) is 17.4 Å². The van der Waals surface area contributed by atoms with Gasteiger partial charge in [-0.2, -0.15) is 0 Å². The fourth-order valence-electron chi connectivity index (χ4n) is 2.17. The molecule has 6 heteroatoms. The molecular weight excluding hydrogens is 346 g/mol. The van der Waals surface area contributed by atoms with Crippen LogP contribution in [0.5, 0.6) is 0 Å². The topological polar surface area (TPSA) is 63.3 Å². The van der Waals surface area contributed by atoms with Crippen LogP contribution in [0, 0.1) is 0 Å². The minimum atomic E-state index is -0.913. The van der Waals surface area contributed by atoms with E-state index in [1.807, 2.05) is 42.5 Å². The van der Waals surface area contributed by atoms with Gasteiger partial charge in [-0.3, -0.25) is 4.79 Å². The molecule has 4 nitrogen and oxygen atoms in total. The lowest BCUT2D eigenvalue weighted by Crippen LogP contribution is -2.10. The van der Waals surface area contributed by atoms with Gasteiger partial charge in [-0.1, -0.05) is 65.8 Å². The summed E-state index contributed by atoms with van der Waals surface area (Å²) in [5.41, 5.74) is 2.35. The van der Waals surface area contributed by atoms with Crippen LogP contribution in [0.2, 0.25) is 5.02 Å². The predicted molar refractivity (Wildman–Crippen MR) is 95.3 cm³/mol. The molecule has 0 aliphatic carbocycles. The molecule has 0 saturated carbocycles. The van der Waals surface area contributed by atoms with E-state index in [-0.39, 0.29) is 0 Å². The van der Waals surface area contributed by atoms with E-state index in [9.17, 15) is 4.79 Å². The SMILES string of the molecule is CC(Sc1nc(-c2ccccc2)c(-c2cccc(Cl)c2)o1)C(=O)O. The van der Waals surface area contributed by atoms with Gasteiger partial charge in [0.05, 0.1) is 0 Å². The largest absolute Gasteiger partial charge is 0.480 e. The first-order valence-electron chi connectivity index (χ1n) is 7.26. The first-order chi connectivity index (χ1) is 11.5. The third kappa shape index (κ3) is 3.63. The van der Waals surface area contributed by atoms with E-state index < -0.39 is 11.2 Å². The van der Waals surface area contributed by atoms with E-state index in [1.165, 1.54) is 0 Å². The Balaban J connectivity index is 2.08. The van der Waals surface area contributed by atoms with Crippen LogP contribution in [0.4, 0.5) is 0 Å². The summed E-state index contributed by atoms with van der Waals surface area (Å²) in [5, 5.41) is 9.34. The number of carboxylic acids is 1. The summed E-state index contributed by atoms with van der Waals surface area (Å²) in [6.45, 7) is 1.60. The lowest BCUT2D eigenvalue weighted by atomic mass is 10.1. The number of carbonyl (C=O) groups is 1. The smallest absolute Gasteiger partial charge is 0.316 e. The van der Waals surface area contributed by atoms with Gasteiger partial charge in [0.15, 0.2) is 5.76 Å². The van der Waals surface area contributed by atoms with Crippen molar-refractivity contribution in [3.63, 3.8) is 0 Å². The van der Waals surface area contributed by atoms with Gasteiger partial charge in [-0.25, -0.2) is 4.98 Å². The highest BCUT2D eigenvalue weighted by atomic mass is 35.5. The summed E-state index contributed by atoms with van der Waals surface area (Å²) in [5.74, 6) is -0.340. The highest BCUT2D eigenvalue weighted by Gasteiger charge is 2.21. The van der Waals surface area contributed by atoms with Crippen molar-refractivity contribution >= 4 is 29.3 Å². The first kappa shape index (κ1) is 16.6. The minimum absolute atomic E-state index is 0.318. The highest BCUT2D eigenvalue weighted by molar-refractivity contribution is 8.00. The third-order valence-corrected chi connectivity index (χ3v) is 4.53. The Morgan fingerprint density at radius 1 is 1.17 bits per heavy atom. The molecule has 122 valence electrons. The van der Waals surface area contributed by atoms with Crippen molar-refractivity contribution in [1.82, 2.24) is 4.98 Å². The lowest BCUT2D eigenvalue weighted by Gasteiger charge is -2.02. The zero-order valence-corrected chi connectivity index (χ0v) is 14.3. The van der Waals surface area contributed by atoms with Gasteiger partial charge < -0.3 is 9.52 Å². The van der Waals surface area contributed by atoms with Crippen molar-refractivity contribution in [3.8, 4) is 22.6 Å². The van der Waals surface area contributed by atoms with Crippen LogP contribution in [-0.2, 0) is 4.79 Å². The van der Waals surface area contributed by atoms with Crippen molar-refractivity contribution in [3.05, 3.63) is 59.6 Å². The molecular formula is C18H14ClNO3S. The Hall–Kier alpha value is -2.24. The fraction of sp³-hybridized carbons (Fsp3) is 0.111. The number of halogens is 1. The molecule has 0 aliphatic rings. The maximum atomic E-state index is 11.1. The molecule has 0 bridgehead atoms. The number of oxazole rings is 1. The summed E-state index contributed by atoms with van der Waals surface area (Å²) in [4.78, 5) is 15.6. The molecule has 1 atom stereocenters. The zero-order valence-electron chi connectivity index (χ0n) is 12.8. The van der Waals surface area contributed by atoms with Gasteiger partial charge in [0.25, 0.3) is 5.22 Å². The van der Waals surface area contributed by atoms with Crippen LogP contribution in [0.25, 0.3) is 22.6 Å². The standard InChI is InChI=1S/C18H14ClNO3S/c1-11(17(21)22)24-18-20-15(12-6-3-2-4-7-12)16(23-18)13-8-5-9-14(19)10-13/h2-11H,1H3,(H,21,22). The van der Waals surface area contributed by atoms with Crippen LogP contribution < -0.4 is 0 Å². The fourth-order valence-corrected chi connectivity index (χ4v) is 3.04. The molecule has 3 rings (SSSR count). The summed E-state index contributed by atoms with van der Waals surface area (Å²) < 4.78 is 5.86. The Morgan fingerprint density at radius 3 is 2.54 bits per heavy atom. The first-order valence-corrected chi connectivity index (χ1v) is 8.52. The van der Waals surface area contributed by atoms with E-state index in [2.05, 4.69) is 4.98 Å². The van der Waals surface area contributed by atoms with Gasteiger partial charge in [-0.05, 0) is 19.1 Å². The Kier molecular flexibility index (Phi) is 4.92. The van der Waals surface area contributed by atoms with Crippen molar-refractivity contribution < 1.29 is 14.3 Å². The number of hydrogen-bond donors (Lipinski definition) is 1. The number of aromatic nitrogens is 1. The van der Waals surface area contributed by atoms with Crippen LogP contribution in [0.1, 0.15) is 6.92 Å². The average Bonchev–Trinajstić information content (AvgIpc) is 2.99. The van der Waals surface area contributed by atoms with E-state index in [1.54, 1.807) is 19.1 Å². The second-order valence-electron chi connectivity index (χ2n) is 5.13. The van der Waals surface area contributed by atoms with Crippen LogP contribution in [0.3, 0.4) is 0 Å². The third-order valence-electron chi connectivity index (χ3n) is 3.37. The van der Waals surface area contributed by atoms with Crippen LogP contribution >= 0.6 is 23.4 Å². The molecule has 3 aromatic rings. The summed E-state index contributed by atoms with van der Waals surface area (Å²) in [6, 6.07) is 16.9. The molecule has 24 heavy (non-hydrogen) atoms. The van der Waals surface area contributed by atoms with Crippen LogP contribution in [-0.4, -0.2) is 21.3 Å². The maximum absolute atomic E-state index is 11.1. The molecule has 0 saturated heterocycles. The number of nitrogens with zero attached hydrogens (tertiary/aromatic N) is 1. The monoisotopic (exact) mass is 359 g/mol. The number of carboxylic acid groups (broad SMARTS) is 1. The summed E-state index contributed by atoms with van der Waals surface area (Å²) in [7, 11) is 0. The predicted octanol–water partition coefficient (Wildman–Crippen LogP) is 5.23. The van der Waals surface area contributed by atoms with Crippen molar-refractivity contribution in [2.75, 3.05) is 0 Å².